The van der Waals surface area contributed by atoms with E-state index in [0.29, 0.717) is 61.5 Å². The van der Waals surface area contributed by atoms with Gasteiger partial charge in [0.25, 0.3) is 40.5 Å². The number of hydrogen-bond donors (Lipinski definition) is 7. The van der Waals surface area contributed by atoms with Gasteiger partial charge >= 0.3 is 0 Å². The number of anilines is 3. The summed E-state index contributed by atoms with van der Waals surface area (Å²) in [5.74, 6) is -1.16. The number of nitrogens with two attached hydrogens (primary N) is 1. The standard InChI is InChI=1S/C45H42N8O14S4/c1-24-15-38(25(2)14-37(24)49-48-32-7-6-28-19-33(69(58,59)60)23-41(35(28)21-32)67-12-5-13-68(55,56)57)50-51-39-16-27(4)40(17-26(39)3)52-53-44-43(71(64,65)66)20-29-18-30(8-10-34(29)45(44)54)47-31-9-11-36(46)42(22-31)70(61,62)63/h6-11,14-23,47,54H,5,12-13,46H2,1-4H3,(H,55,56,57)(H,58,59,60)(H,61,62,63)(H,64,65,66). The number of nitrogen functional groups attached to an aromatic ring is 1. The van der Waals surface area contributed by atoms with E-state index < -0.39 is 72.3 Å². The molecule has 71 heavy (non-hydrogen) atoms. The van der Waals surface area contributed by atoms with Gasteiger partial charge in [0.05, 0.1) is 51.4 Å². The summed E-state index contributed by atoms with van der Waals surface area (Å²) in [7, 11) is -18.5. The summed E-state index contributed by atoms with van der Waals surface area (Å²) in [5, 5.41) is 41.2. The Morgan fingerprint density at radius 2 is 1.07 bits per heavy atom. The second-order valence-corrected chi connectivity index (χ2v) is 21.8. The molecule has 0 saturated heterocycles. The lowest BCUT2D eigenvalue weighted by molar-refractivity contribution is 0.319. The van der Waals surface area contributed by atoms with Gasteiger partial charge in [-0.25, -0.2) is 0 Å². The highest BCUT2D eigenvalue weighted by molar-refractivity contribution is 7.86. The Balaban J connectivity index is 1.10. The van der Waals surface area contributed by atoms with Crippen molar-refractivity contribution < 1.29 is 61.7 Å². The number of benzene rings is 7. The summed E-state index contributed by atoms with van der Waals surface area (Å²) < 4.78 is 139. The number of nitrogens with one attached hydrogen (secondary N) is 1. The average molecular weight is 1050 g/mol. The third-order valence-electron chi connectivity index (χ3n) is 10.7. The SMILES string of the molecule is Cc1cc(N=Nc2cc(C)c(N=Nc3c(S(=O)(=O)O)cc4cc(Nc5ccc(N)c(S(=O)(=O)O)c5)ccc4c3O)cc2C)c(C)cc1N=Nc1ccc2cc(S(=O)(=O)O)cc(OCCCS(=O)(=O)O)c2c1. The van der Waals surface area contributed by atoms with Crippen LogP contribution in [-0.2, 0) is 40.5 Å². The Morgan fingerprint density at radius 3 is 1.62 bits per heavy atom. The molecule has 0 aliphatic rings. The van der Waals surface area contributed by atoms with Gasteiger partial charge in [0, 0.05) is 28.2 Å². The zero-order valence-corrected chi connectivity index (χ0v) is 40.9. The minimum absolute atomic E-state index is 0.0252. The van der Waals surface area contributed by atoms with Crippen LogP contribution in [0.1, 0.15) is 28.7 Å². The van der Waals surface area contributed by atoms with Gasteiger partial charge < -0.3 is 20.9 Å². The van der Waals surface area contributed by atoms with Crippen LogP contribution >= 0.6 is 0 Å². The van der Waals surface area contributed by atoms with Crippen LogP contribution in [0.4, 0.5) is 51.2 Å². The summed E-state index contributed by atoms with van der Waals surface area (Å²) in [6.07, 6.45) is -0.0953. The number of azo groups is 3. The Hall–Kier alpha value is -7.30. The number of rotatable bonds is 16. The van der Waals surface area contributed by atoms with Crippen LogP contribution in [-0.4, -0.2) is 69.3 Å². The van der Waals surface area contributed by atoms with Gasteiger partial charge in [0.1, 0.15) is 21.2 Å². The van der Waals surface area contributed by atoms with Gasteiger partial charge in [-0.3, -0.25) is 18.2 Å². The summed E-state index contributed by atoms with van der Waals surface area (Å²) >= 11 is 0. The molecule has 0 aliphatic carbocycles. The first-order valence-corrected chi connectivity index (χ1v) is 26.6. The first-order valence-electron chi connectivity index (χ1n) is 20.7. The molecule has 7 aromatic rings. The van der Waals surface area contributed by atoms with E-state index in [9.17, 15) is 52.4 Å². The van der Waals surface area contributed by atoms with Gasteiger partial charge in [0.2, 0.25) is 0 Å². The summed E-state index contributed by atoms with van der Waals surface area (Å²) in [5.41, 5.74) is 10.1. The van der Waals surface area contributed by atoms with Gasteiger partial charge in [-0.05, 0) is 152 Å². The molecular formula is C45H42N8O14S4. The number of ether oxygens (including phenoxy) is 1. The van der Waals surface area contributed by atoms with E-state index in [2.05, 4.69) is 36.0 Å². The molecule has 22 nitrogen and oxygen atoms in total. The second-order valence-electron chi connectivity index (χ2n) is 16.1. The molecule has 0 saturated carbocycles. The van der Waals surface area contributed by atoms with Crippen molar-refractivity contribution in [3.05, 3.63) is 119 Å². The maximum absolute atomic E-state index is 12.6. The Morgan fingerprint density at radius 1 is 0.535 bits per heavy atom. The third-order valence-corrected chi connectivity index (χ3v) is 14.1. The van der Waals surface area contributed by atoms with Gasteiger partial charge in [-0.1, -0.05) is 6.07 Å². The smallest absolute Gasteiger partial charge is 0.296 e. The Kier molecular flexibility index (Phi) is 14.4. The predicted molar refractivity (Wildman–Crippen MR) is 264 cm³/mol. The molecular weight excluding hydrogens is 1000 g/mol. The van der Waals surface area contributed by atoms with Gasteiger partial charge in [-0.15, -0.1) is 5.11 Å². The van der Waals surface area contributed by atoms with Crippen molar-refractivity contribution in [2.24, 2.45) is 30.7 Å². The zero-order chi connectivity index (χ0) is 51.8. The highest BCUT2D eigenvalue weighted by Gasteiger charge is 2.23. The Bertz CT molecular complexity index is 3890. The van der Waals surface area contributed by atoms with Crippen LogP contribution in [0.25, 0.3) is 21.5 Å². The number of phenolic OH excluding ortho intramolecular Hbond substituents is 1. The average Bonchev–Trinajstić information content (AvgIpc) is 3.27. The summed E-state index contributed by atoms with van der Waals surface area (Å²) in [4.78, 5) is -1.71. The molecule has 370 valence electrons. The van der Waals surface area contributed by atoms with Crippen molar-refractivity contribution in [2.75, 3.05) is 23.4 Å². The van der Waals surface area contributed by atoms with Crippen molar-refractivity contribution in [1.82, 2.24) is 0 Å². The fourth-order valence-electron chi connectivity index (χ4n) is 7.09. The van der Waals surface area contributed by atoms with Gasteiger partial charge in [-0.2, -0.15) is 59.2 Å². The second kappa shape index (κ2) is 19.8. The monoisotopic (exact) mass is 1050 g/mol. The minimum atomic E-state index is -4.98. The van der Waals surface area contributed by atoms with Crippen molar-refractivity contribution >= 4 is 113 Å². The summed E-state index contributed by atoms with van der Waals surface area (Å²) in [6.45, 7) is 6.85. The number of aromatic hydroxyl groups is 1. The molecule has 0 amide bonds. The molecule has 0 atom stereocenters. The largest absolute Gasteiger partial charge is 0.505 e. The molecule has 0 fully saturated rings. The van der Waals surface area contributed by atoms with E-state index in [0.717, 1.165) is 18.2 Å². The Labute approximate surface area is 406 Å². The lowest BCUT2D eigenvalue weighted by atomic mass is 10.1. The molecule has 0 bridgehead atoms. The highest BCUT2D eigenvalue weighted by Crippen LogP contribution is 2.43. The number of phenols is 1. The fraction of sp³-hybridized carbons (Fsp3) is 0.156. The molecule has 0 aromatic heterocycles. The molecule has 0 unspecified atom stereocenters. The van der Waals surface area contributed by atoms with Crippen LogP contribution in [0, 0.1) is 27.7 Å². The molecule has 0 radical (unpaired) electrons. The topological polar surface area (TPSA) is 359 Å². The van der Waals surface area contributed by atoms with Crippen molar-refractivity contribution in [1.29, 1.82) is 0 Å². The van der Waals surface area contributed by atoms with E-state index in [1.807, 2.05) is 0 Å². The molecule has 7 aromatic carbocycles. The van der Waals surface area contributed by atoms with E-state index in [1.54, 1.807) is 70.2 Å². The third kappa shape index (κ3) is 12.4. The number of hydrogen-bond acceptors (Lipinski definition) is 18. The van der Waals surface area contributed by atoms with Crippen LogP contribution in [0.2, 0.25) is 0 Å². The van der Waals surface area contributed by atoms with Gasteiger partial charge in [0.15, 0.2) is 5.75 Å². The number of nitrogens with zero attached hydrogens (tertiary/aromatic N) is 6. The first kappa shape index (κ1) is 51.5. The fourth-order valence-corrected chi connectivity index (χ4v) is 9.40. The lowest BCUT2D eigenvalue weighted by Crippen LogP contribution is -2.09. The molecule has 8 N–H and O–H groups in total. The zero-order valence-electron chi connectivity index (χ0n) is 37.7. The number of aryl methyl sites for hydroxylation is 4. The maximum Gasteiger partial charge on any atom is 0.296 e. The summed E-state index contributed by atoms with van der Waals surface area (Å²) in [6, 6.07) is 23.1. The first-order chi connectivity index (χ1) is 33.1. The van der Waals surface area contributed by atoms with Crippen LogP contribution in [0.5, 0.6) is 11.5 Å². The normalized spacial score (nSPS) is 12.8. The lowest BCUT2D eigenvalue weighted by Gasteiger charge is -2.12. The van der Waals surface area contributed by atoms with Crippen molar-refractivity contribution in [2.45, 2.75) is 48.8 Å². The highest BCUT2D eigenvalue weighted by atomic mass is 32.2. The number of fused-ring (bicyclic) bond motifs is 2. The molecule has 0 heterocycles. The minimum Gasteiger partial charge on any atom is -0.505 e. The molecule has 7 rings (SSSR count). The molecule has 26 heteroatoms. The van der Waals surface area contributed by atoms with Crippen LogP contribution < -0.4 is 15.8 Å². The van der Waals surface area contributed by atoms with E-state index in [4.69, 9.17) is 15.0 Å². The van der Waals surface area contributed by atoms with Crippen molar-refractivity contribution in [3.63, 3.8) is 0 Å². The van der Waals surface area contributed by atoms with Crippen LogP contribution in [0.3, 0.4) is 0 Å². The maximum atomic E-state index is 12.6. The quantitative estimate of drug-likeness (QED) is 0.0205. The molecule has 0 spiro atoms. The van der Waals surface area contributed by atoms with E-state index >= 15 is 0 Å². The van der Waals surface area contributed by atoms with E-state index in [-0.39, 0.29) is 46.6 Å². The predicted octanol–water partition coefficient (Wildman–Crippen LogP) is 10.9. The van der Waals surface area contributed by atoms with Crippen molar-refractivity contribution in [3.8, 4) is 11.5 Å². The molecule has 0 aliphatic heterocycles. The van der Waals surface area contributed by atoms with E-state index in [1.165, 1.54) is 36.4 Å². The van der Waals surface area contributed by atoms with Crippen LogP contribution in [0.15, 0.2) is 142 Å².